The van der Waals surface area contributed by atoms with Crippen molar-refractivity contribution in [1.29, 1.82) is 0 Å². The van der Waals surface area contributed by atoms with Crippen LogP contribution in [0.2, 0.25) is 0 Å². The van der Waals surface area contributed by atoms with Crippen molar-refractivity contribution in [1.82, 2.24) is 4.98 Å². The van der Waals surface area contributed by atoms with Gasteiger partial charge in [-0.25, -0.2) is 13.4 Å². The lowest BCUT2D eigenvalue weighted by molar-refractivity contribution is 0.103. The first-order valence-electron chi connectivity index (χ1n) is 9.55. The predicted octanol–water partition coefficient (Wildman–Crippen LogP) is 4.81. The van der Waals surface area contributed by atoms with Crippen LogP contribution in [-0.2, 0) is 15.4 Å². The van der Waals surface area contributed by atoms with E-state index in [-0.39, 0.29) is 16.2 Å². The van der Waals surface area contributed by atoms with Crippen LogP contribution in [0.3, 0.4) is 0 Å². The summed E-state index contributed by atoms with van der Waals surface area (Å²) in [4.78, 5) is 17.5. The van der Waals surface area contributed by atoms with Gasteiger partial charge in [-0.05, 0) is 48.9 Å². The van der Waals surface area contributed by atoms with Crippen molar-refractivity contribution in [2.75, 3.05) is 17.1 Å². The standard InChI is InChI=1S/C22H25N3O4S2/c1-14-6-7-16(24-20(26)18-13-23-21(30-18)22(2,3)4)12-19(14)31(27,28)25-15-8-10-17(29-5)11-9-15/h6-13,25H,1-5H3,(H,24,26). The molecule has 9 heteroatoms. The van der Waals surface area contributed by atoms with Gasteiger partial charge in [0.05, 0.1) is 23.2 Å². The first-order chi connectivity index (χ1) is 14.5. The molecule has 1 heterocycles. The van der Waals surface area contributed by atoms with Crippen molar-refractivity contribution >= 4 is 38.6 Å². The van der Waals surface area contributed by atoms with E-state index in [2.05, 4.69) is 15.0 Å². The van der Waals surface area contributed by atoms with Crippen LogP contribution in [0, 0.1) is 6.92 Å². The van der Waals surface area contributed by atoms with Crippen molar-refractivity contribution in [3.63, 3.8) is 0 Å². The van der Waals surface area contributed by atoms with Gasteiger partial charge in [0.1, 0.15) is 10.6 Å². The monoisotopic (exact) mass is 459 g/mol. The molecule has 0 aliphatic rings. The molecule has 0 spiro atoms. The molecule has 0 fully saturated rings. The predicted molar refractivity (Wildman–Crippen MR) is 124 cm³/mol. The minimum atomic E-state index is -3.85. The zero-order chi connectivity index (χ0) is 22.8. The van der Waals surface area contributed by atoms with Gasteiger partial charge in [0.2, 0.25) is 0 Å². The minimum absolute atomic E-state index is 0.0841. The Morgan fingerprint density at radius 3 is 2.29 bits per heavy atom. The Hall–Kier alpha value is -2.91. The zero-order valence-electron chi connectivity index (χ0n) is 18.0. The van der Waals surface area contributed by atoms with E-state index in [1.165, 1.54) is 23.6 Å². The Balaban J connectivity index is 1.82. The molecule has 0 unspecified atom stereocenters. The second kappa shape index (κ2) is 8.68. The maximum absolute atomic E-state index is 12.9. The molecule has 3 rings (SSSR count). The molecule has 2 N–H and O–H groups in total. The summed E-state index contributed by atoms with van der Waals surface area (Å²) in [6.45, 7) is 7.79. The Bertz CT molecular complexity index is 1190. The first-order valence-corrected chi connectivity index (χ1v) is 11.8. The van der Waals surface area contributed by atoms with Crippen molar-refractivity contribution in [2.24, 2.45) is 0 Å². The van der Waals surface area contributed by atoms with Gasteiger partial charge in [-0.3, -0.25) is 9.52 Å². The number of aromatic nitrogens is 1. The second-order valence-electron chi connectivity index (χ2n) is 8.05. The number of nitrogens with zero attached hydrogens (tertiary/aromatic N) is 1. The van der Waals surface area contributed by atoms with Crippen molar-refractivity contribution < 1.29 is 17.9 Å². The Labute approximate surface area is 186 Å². The fourth-order valence-electron chi connectivity index (χ4n) is 2.76. The number of carbonyl (C=O) groups is 1. The number of thiazole rings is 1. The van der Waals surface area contributed by atoms with E-state index in [4.69, 9.17) is 4.74 Å². The van der Waals surface area contributed by atoms with Gasteiger partial charge in [-0.15, -0.1) is 11.3 Å². The lowest BCUT2D eigenvalue weighted by Gasteiger charge is -2.13. The summed E-state index contributed by atoms with van der Waals surface area (Å²) < 4.78 is 33.5. The number of amides is 1. The number of ether oxygens (including phenoxy) is 1. The fourth-order valence-corrected chi connectivity index (χ4v) is 4.95. The zero-order valence-corrected chi connectivity index (χ0v) is 19.6. The van der Waals surface area contributed by atoms with Crippen LogP contribution < -0.4 is 14.8 Å². The third kappa shape index (κ3) is 5.42. The number of aryl methyl sites for hydroxylation is 1. The van der Waals surface area contributed by atoms with Gasteiger partial charge in [0.25, 0.3) is 15.9 Å². The lowest BCUT2D eigenvalue weighted by Crippen LogP contribution is -2.16. The fraction of sp³-hybridized carbons (Fsp3) is 0.273. The number of carbonyl (C=O) groups excluding carboxylic acids is 1. The highest BCUT2D eigenvalue weighted by Gasteiger charge is 2.22. The molecule has 31 heavy (non-hydrogen) atoms. The van der Waals surface area contributed by atoms with E-state index in [1.54, 1.807) is 50.4 Å². The van der Waals surface area contributed by atoms with E-state index >= 15 is 0 Å². The highest BCUT2D eigenvalue weighted by molar-refractivity contribution is 7.92. The van der Waals surface area contributed by atoms with Crippen molar-refractivity contribution in [2.45, 2.75) is 38.0 Å². The topological polar surface area (TPSA) is 97.4 Å². The van der Waals surface area contributed by atoms with E-state index in [1.807, 2.05) is 20.8 Å². The van der Waals surface area contributed by atoms with E-state index < -0.39 is 10.0 Å². The molecule has 0 atom stereocenters. The molecule has 2 aromatic carbocycles. The summed E-state index contributed by atoms with van der Waals surface area (Å²) in [7, 11) is -2.31. The molecule has 0 saturated carbocycles. The van der Waals surface area contributed by atoms with Crippen LogP contribution in [0.4, 0.5) is 11.4 Å². The average Bonchev–Trinajstić information content (AvgIpc) is 3.20. The van der Waals surface area contributed by atoms with Crippen molar-refractivity contribution in [3.8, 4) is 5.75 Å². The summed E-state index contributed by atoms with van der Waals surface area (Å²) in [5.74, 6) is 0.296. The van der Waals surface area contributed by atoms with Gasteiger partial charge >= 0.3 is 0 Å². The third-order valence-electron chi connectivity index (χ3n) is 4.45. The maximum Gasteiger partial charge on any atom is 0.267 e. The summed E-state index contributed by atoms with van der Waals surface area (Å²) in [6.07, 6.45) is 1.54. The second-order valence-corrected chi connectivity index (χ2v) is 10.7. The SMILES string of the molecule is COc1ccc(NS(=O)(=O)c2cc(NC(=O)c3cnc(C(C)(C)C)s3)ccc2C)cc1. The van der Waals surface area contributed by atoms with Gasteiger partial charge < -0.3 is 10.1 Å². The Kier molecular flexibility index (Phi) is 6.38. The number of rotatable bonds is 6. The van der Waals surface area contributed by atoms with Crippen LogP contribution in [0.5, 0.6) is 5.75 Å². The number of benzene rings is 2. The highest BCUT2D eigenvalue weighted by Crippen LogP contribution is 2.28. The summed E-state index contributed by atoms with van der Waals surface area (Å²) >= 11 is 1.32. The van der Waals surface area contributed by atoms with Gasteiger partial charge in [0, 0.05) is 16.8 Å². The number of anilines is 2. The van der Waals surface area contributed by atoms with E-state index in [0.717, 1.165) is 5.01 Å². The van der Waals surface area contributed by atoms with Crippen LogP contribution >= 0.6 is 11.3 Å². The van der Waals surface area contributed by atoms with Crippen LogP contribution in [-0.4, -0.2) is 26.4 Å². The van der Waals surface area contributed by atoms with Crippen molar-refractivity contribution in [3.05, 3.63) is 64.1 Å². The third-order valence-corrected chi connectivity index (χ3v) is 7.39. The average molecular weight is 460 g/mol. The molecule has 0 aliphatic heterocycles. The number of hydrogen-bond donors (Lipinski definition) is 2. The molecule has 1 aromatic heterocycles. The molecular formula is C22H25N3O4S2. The Morgan fingerprint density at radius 2 is 1.71 bits per heavy atom. The number of hydrogen-bond acceptors (Lipinski definition) is 6. The van der Waals surface area contributed by atoms with Gasteiger partial charge in [-0.1, -0.05) is 26.8 Å². The molecule has 0 saturated heterocycles. The molecule has 7 nitrogen and oxygen atoms in total. The van der Waals surface area contributed by atoms with Gasteiger partial charge in [-0.2, -0.15) is 0 Å². The van der Waals surface area contributed by atoms with Gasteiger partial charge in [0.15, 0.2) is 0 Å². The Morgan fingerprint density at radius 1 is 1.06 bits per heavy atom. The first kappa shape index (κ1) is 22.8. The number of nitrogens with one attached hydrogen (secondary N) is 2. The van der Waals surface area contributed by atoms with Crippen LogP contribution in [0.15, 0.2) is 53.6 Å². The summed E-state index contributed by atoms with van der Waals surface area (Å²) in [6, 6.07) is 11.4. The smallest absolute Gasteiger partial charge is 0.267 e. The molecule has 0 bridgehead atoms. The molecule has 0 aliphatic carbocycles. The molecule has 1 amide bonds. The van der Waals surface area contributed by atoms with E-state index in [0.29, 0.717) is 27.6 Å². The summed E-state index contributed by atoms with van der Waals surface area (Å²) in [5, 5.41) is 3.62. The van der Waals surface area contributed by atoms with Crippen LogP contribution in [0.1, 0.15) is 41.0 Å². The quantitative estimate of drug-likeness (QED) is 0.551. The number of methoxy groups -OCH3 is 1. The van der Waals surface area contributed by atoms with Crippen LogP contribution in [0.25, 0.3) is 0 Å². The molecular weight excluding hydrogens is 434 g/mol. The normalized spacial score (nSPS) is 11.8. The number of sulfonamides is 1. The molecule has 0 radical (unpaired) electrons. The highest BCUT2D eigenvalue weighted by atomic mass is 32.2. The molecule has 164 valence electrons. The van der Waals surface area contributed by atoms with E-state index in [9.17, 15) is 13.2 Å². The lowest BCUT2D eigenvalue weighted by atomic mass is 9.98. The molecule has 3 aromatic rings. The largest absolute Gasteiger partial charge is 0.497 e. The summed E-state index contributed by atoms with van der Waals surface area (Å²) in [5.41, 5.74) is 1.21. The maximum atomic E-state index is 12.9. The minimum Gasteiger partial charge on any atom is -0.497 e.